The highest BCUT2D eigenvalue weighted by Gasteiger charge is 2.52. The van der Waals surface area contributed by atoms with E-state index in [0.29, 0.717) is 12.6 Å². The summed E-state index contributed by atoms with van der Waals surface area (Å²) in [4.78, 5) is 20.1. The molecule has 148 valence electrons. The van der Waals surface area contributed by atoms with Crippen LogP contribution in [0.3, 0.4) is 0 Å². The molecule has 0 radical (unpaired) electrons. The van der Waals surface area contributed by atoms with Crippen LogP contribution >= 0.6 is 0 Å². The Kier molecular flexibility index (Phi) is 4.96. The summed E-state index contributed by atoms with van der Waals surface area (Å²) in [5, 5.41) is 13.2. The number of benzene rings is 1. The molecule has 0 saturated heterocycles. The lowest BCUT2D eigenvalue weighted by Crippen LogP contribution is -2.48. The number of carboxylic acid groups (broad SMARTS) is 1. The SMILES string of the molecule is CCOc1ncc(-c2cccc(NCC34CCC(C(=O)O)(CC3)CC4)c2)cn1. The normalized spacial score (nSPS) is 26.0. The van der Waals surface area contributed by atoms with Gasteiger partial charge in [0, 0.05) is 30.2 Å². The number of hydrogen-bond acceptors (Lipinski definition) is 5. The lowest BCUT2D eigenvalue weighted by Gasteiger charge is -2.51. The molecule has 3 aliphatic rings. The van der Waals surface area contributed by atoms with E-state index < -0.39 is 11.4 Å². The van der Waals surface area contributed by atoms with Gasteiger partial charge in [0.15, 0.2) is 0 Å². The molecule has 1 aromatic carbocycles. The van der Waals surface area contributed by atoms with E-state index in [9.17, 15) is 9.90 Å². The second kappa shape index (κ2) is 7.41. The van der Waals surface area contributed by atoms with Crippen molar-refractivity contribution in [2.75, 3.05) is 18.5 Å². The van der Waals surface area contributed by atoms with E-state index in [0.717, 1.165) is 61.9 Å². The first-order chi connectivity index (χ1) is 13.5. The van der Waals surface area contributed by atoms with Crippen LogP contribution in [0.1, 0.15) is 45.4 Å². The predicted octanol–water partition coefficient (Wildman–Crippen LogP) is 4.38. The van der Waals surface area contributed by atoms with Crippen LogP contribution in [0, 0.1) is 10.8 Å². The lowest BCUT2D eigenvalue weighted by molar-refractivity contribution is -0.158. The number of fused-ring (bicyclic) bond motifs is 3. The van der Waals surface area contributed by atoms with Crippen LogP contribution in [0.5, 0.6) is 6.01 Å². The zero-order valence-electron chi connectivity index (χ0n) is 16.3. The Morgan fingerprint density at radius 3 is 2.39 bits per heavy atom. The second-order valence-corrected chi connectivity index (χ2v) is 8.21. The standard InChI is InChI=1S/C22H27N3O3/c1-2-28-20-23-13-17(14-24-20)16-4-3-5-18(12-16)25-15-21-6-9-22(10-7-21,11-8-21)19(26)27/h3-5,12-14,25H,2,6-11,15H2,1H3,(H,26,27). The smallest absolute Gasteiger partial charge is 0.316 e. The maximum Gasteiger partial charge on any atom is 0.316 e. The molecule has 3 fully saturated rings. The van der Waals surface area contributed by atoms with Crippen LogP contribution in [0.15, 0.2) is 36.7 Å². The molecule has 1 heterocycles. The van der Waals surface area contributed by atoms with Crippen LogP contribution in [-0.2, 0) is 4.79 Å². The fourth-order valence-electron chi connectivity index (χ4n) is 4.62. The Bertz CT molecular complexity index is 826. The highest BCUT2D eigenvalue weighted by molar-refractivity contribution is 5.75. The number of aromatic nitrogens is 2. The van der Waals surface area contributed by atoms with E-state index in [1.54, 1.807) is 12.4 Å². The van der Waals surface area contributed by atoms with Gasteiger partial charge in [0.2, 0.25) is 0 Å². The van der Waals surface area contributed by atoms with Crippen LogP contribution < -0.4 is 10.1 Å². The van der Waals surface area contributed by atoms with Gasteiger partial charge < -0.3 is 15.2 Å². The number of carbonyl (C=O) groups is 1. The Balaban J connectivity index is 1.41. The summed E-state index contributed by atoms with van der Waals surface area (Å²) >= 11 is 0. The van der Waals surface area contributed by atoms with Gasteiger partial charge in [0.05, 0.1) is 12.0 Å². The van der Waals surface area contributed by atoms with Crippen molar-refractivity contribution in [2.45, 2.75) is 45.4 Å². The quantitative estimate of drug-likeness (QED) is 0.740. The van der Waals surface area contributed by atoms with E-state index in [1.807, 2.05) is 19.1 Å². The largest absolute Gasteiger partial charge is 0.481 e. The molecule has 0 unspecified atom stereocenters. The third kappa shape index (κ3) is 3.55. The Hall–Kier alpha value is -2.63. The zero-order valence-corrected chi connectivity index (χ0v) is 16.3. The first kappa shape index (κ1) is 18.7. The van der Waals surface area contributed by atoms with Gasteiger partial charge in [-0.3, -0.25) is 4.79 Å². The minimum absolute atomic E-state index is 0.232. The highest BCUT2D eigenvalue weighted by atomic mass is 16.5. The summed E-state index contributed by atoms with van der Waals surface area (Å²) in [5.41, 5.74) is 2.86. The maximum atomic E-state index is 11.6. The summed E-state index contributed by atoms with van der Waals surface area (Å²) in [6.07, 6.45) is 9.00. The minimum Gasteiger partial charge on any atom is -0.481 e. The van der Waals surface area contributed by atoms with E-state index in [-0.39, 0.29) is 5.41 Å². The number of aliphatic carboxylic acids is 1. The maximum absolute atomic E-state index is 11.6. The number of carboxylic acids is 1. The van der Waals surface area contributed by atoms with E-state index >= 15 is 0 Å². The summed E-state index contributed by atoms with van der Waals surface area (Å²) in [6, 6.07) is 8.66. The van der Waals surface area contributed by atoms with Crippen LogP contribution in [-0.4, -0.2) is 34.2 Å². The topological polar surface area (TPSA) is 84.3 Å². The number of anilines is 1. The molecule has 6 heteroatoms. The van der Waals surface area contributed by atoms with Gasteiger partial charge in [-0.1, -0.05) is 12.1 Å². The first-order valence-corrected chi connectivity index (χ1v) is 10.1. The van der Waals surface area contributed by atoms with E-state index in [4.69, 9.17) is 4.74 Å². The molecule has 5 rings (SSSR count). The summed E-state index contributed by atoms with van der Waals surface area (Å²) in [6.45, 7) is 3.35. The minimum atomic E-state index is -0.598. The molecule has 0 spiro atoms. The van der Waals surface area contributed by atoms with Gasteiger partial charge in [0.1, 0.15) is 0 Å². The van der Waals surface area contributed by atoms with Crippen molar-refractivity contribution in [2.24, 2.45) is 10.8 Å². The fourth-order valence-corrected chi connectivity index (χ4v) is 4.62. The molecule has 0 aliphatic heterocycles. The van der Waals surface area contributed by atoms with Gasteiger partial charge in [-0.25, -0.2) is 9.97 Å². The molecule has 6 nitrogen and oxygen atoms in total. The molecule has 2 N–H and O–H groups in total. The van der Waals surface area contributed by atoms with Crippen molar-refractivity contribution in [3.8, 4) is 17.1 Å². The third-order valence-electron chi connectivity index (χ3n) is 6.62. The molecule has 3 aliphatic carbocycles. The van der Waals surface area contributed by atoms with Gasteiger partial charge in [-0.15, -0.1) is 0 Å². The van der Waals surface area contributed by atoms with Gasteiger partial charge in [0.25, 0.3) is 0 Å². The third-order valence-corrected chi connectivity index (χ3v) is 6.62. The summed E-state index contributed by atoms with van der Waals surface area (Å²) in [5.74, 6) is -0.598. The molecular weight excluding hydrogens is 354 g/mol. The number of nitrogens with one attached hydrogen (secondary N) is 1. The lowest BCUT2D eigenvalue weighted by atomic mass is 9.53. The van der Waals surface area contributed by atoms with Crippen molar-refractivity contribution in [1.82, 2.24) is 9.97 Å². The van der Waals surface area contributed by atoms with Crippen molar-refractivity contribution in [1.29, 1.82) is 0 Å². The monoisotopic (exact) mass is 381 g/mol. The molecule has 2 bridgehead atoms. The van der Waals surface area contributed by atoms with Crippen molar-refractivity contribution in [3.05, 3.63) is 36.7 Å². The van der Waals surface area contributed by atoms with Crippen molar-refractivity contribution < 1.29 is 14.6 Å². The van der Waals surface area contributed by atoms with Gasteiger partial charge in [-0.2, -0.15) is 0 Å². The van der Waals surface area contributed by atoms with E-state index in [1.165, 1.54) is 0 Å². The molecule has 1 aromatic heterocycles. The fraction of sp³-hybridized carbons (Fsp3) is 0.500. The molecule has 28 heavy (non-hydrogen) atoms. The van der Waals surface area contributed by atoms with E-state index in [2.05, 4.69) is 27.4 Å². The molecule has 2 aromatic rings. The average molecular weight is 381 g/mol. The Morgan fingerprint density at radius 1 is 1.11 bits per heavy atom. The first-order valence-electron chi connectivity index (χ1n) is 10.1. The number of hydrogen-bond donors (Lipinski definition) is 2. The molecule has 0 atom stereocenters. The zero-order chi connectivity index (χ0) is 19.6. The number of nitrogens with zero attached hydrogens (tertiary/aromatic N) is 2. The van der Waals surface area contributed by atoms with Gasteiger partial charge >= 0.3 is 12.0 Å². The van der Waals surface area contributed by atoms with Crippen LogP contribution in [0.2, 0.25) is 0 Å². The summed E-state index contributed by atoms with van der Waals surface area (Å²) < 4.78 is 5.30. The Labute approximate surface area is 165 Å². The molecular formula is C22H27N3O3. The van der Waals surface area contributed by atoms with Crippen LogP contribution in [0.4, 0.5) is 5.69 Å². The van der Waals surface area contributed by atoms with Crippen LogP contribution in [0.25, 0.3) is 11.1 Å². The van der Waals surface area contributed by atoms with Crippen molar-refractivity contribution >= 4 is 11.7 Å². The number of ether oxygens (including phenoxy) is 1. The molecule has 3 saturated carbocycles. The second-order valence-electron chi connectivity index (χ2n) is 8.21. The van der Waals surface area contributed by atoms with Crippen molar-refractivity contribution in [3.63, 3.8) is 0 Å². The number of rotatable bonds is 7. The average Bonchev–Trinajstić information content (AvgIpc) is 2.75. The molecule has 0 amide bonds. The summed E-state index contributed by atoms with van der Waals surface area (Å²) in [7, 11) is 0. The Morgan fingerprint density at radius 2 is 1.79 bits per heavy atom. The predicted molar refractivity (Wildman–Crippen MR) is 107 cm³/mol. The van der Waals surface area contributed by atoms with Gasteiger partial charge in [-0.05, 0) is 68.6 Å². The highest BCUT2D eigenvalue weighted by Crippen LogP contribution is 2.56.